The predicted molar refractivity (Wildman–Crippen MR) is 128 cm³/mol. The Balaban J connectivity index is 1.39. The van der Waals surface area contributed by atoms with Crippen LogP contribution in [0.25, 0.3) is 22.2 Å². The standard InChI is InChI=1S/C25H30BN3O4/c1-15-12-21(29(14-15)23(30)31)22-27-19-11-8-17(13-20(19)28-22)16-6-9-18(10-7-16)26-32-24(2,3)25(4,5)33-26/h6-11,13,15,21H,12,14H2,1-5H3,(H,27,28)(H,30,31)/t15-,21-/m0/s1. The van der Waals surface area contributed by atoms with E-state index in [-0.39, 0.29) is 24.4 Å². The molecule has 0 bridgehead atoms. The first-order chi connectivity index (χ1) is 15.5. The van der Waals surface area contributed by atoms with Crippen LogP contribution in [0.1, 0.15) is 52.9 Å². The molecule has 2 aliphatic rings. The van der Waals surface area contributed by atoms with E-state index in [1.807, 2.05) is 24.3 Å². The molecule has 7 nitrogen and oxygen atoms in total. The van der Waals surface area contributed by atoms with Crippen molar-refractivity contribution < 1.29 is 19.2 Å². The van der Waals surface area contributed by atoms with Gasteiger partial charge in [0.05, 0.1) is 28.3 Å². The Labute approximate surface area is 194 Å². The monoisotopic (exact) mass is 447 g/mol. The predicted octanol–water partition coefficient (Wildman–Crippen LogP) is 4.59. The van der Waals surface area contributed by atoms with E-state index >= 15 is 0 Å². The summed E-state index contributed by atoms with van der Waals surface area (Å²) in [5.41, 5.74) is 4.12. The van der Waals surface area contributed by atoms with E-state index in [4.69, 9.17) is 14.3 Å². The lowest BCUT2D eigenvalue weighted by atomic mass is 9.78. The average Bonchev–Trinajstić information content (AvgIpc) is 3.41. The minimum atomic E-state index is -0.896. The fourth-order valence-corrected chi connectivity index (χ4v) is 4.69. The molecular formula is C25H30BN3O4. The number of carboxylic acid groups (broad SMARTS) is 1. The highest BCUT2D eigenvalue weighted by Gasteiger charge is 2.51. The van der Waals surface area contributed by atoms with E-state index in [0.717, 1.165) is 34.0 Å². The fourth-order valence-electron chi connectivity index (χ4n) is 4.69. The van der Waals surface area contributed by atoms with Gasteiger partial charge in [-0.25, -0.2) is 9.78 Å². The van der Waals surface area contributed by atoms with Crippen LogP contribution in [-0.2, 0) is 9.31 Å². The molecule has 3 heterocycles. The van der Waals surface area contributed by atoms with Crippen molar-refractivity contribution in [3.8, 4) is 11.1 Å². The molecule has 2 saturated heterocycles. The van der Waals surface area contributed by atoms with E-state index in [0.29, 0.717) is 18.3 Å². The summed E-state index contributed by atoms with van der Waals surface area (Å²) in [5.74, 6) is 1.03. The van der Waals surface area contributed by atoms with Crippen LogP contribution in [-0.4, -0.2) is 50.9 Å². The third-order valence-electron chi connectivity index (χ3n) is 7.34. The van der Waals surface area contributed by atoms with Gasteiger partial charge >= 0.3 is 13.2 Å². The van der Waals surface area contributed by atoms with Crippen LogP contribution in [0.2, 0.25) is 0 Å². The van der Waals surface area contributed by atoms with Gasteiger partial charge in [-0.3, -0.25) is 4.90 Å². The van der Waals surface area contributed by atoms with E-state index in [1.165, 1.54) is 4.90 Å². The molecule has 0 unspecified atom stereocenters. The molecule has 0 spiro atoms. The lowest BCUT2D eigenvalue weighted by Crippen LogP contribution is -2.41. The second kappa shape index (κ2) is 7.60. The van der Waals surface area contributed by atoms with Crippen LogP contribution < -0.4 is 5.46 Å². The molecule has 1 amide bonds. The van der Waals surface area contributed by atoms with Gasteiger partial charge in [-0.05, 0) is 68.8 Å². The second-order valence-electron chi connectivity index (χ2n) is 10.4. The van der Waals surface area contributed by atoms with Gasteiger partial charge in [0.15, 0.2) is 0 Å². The SMILES string of the molecule is C[C@H]1C[C@@H](c2nc3cc(-c4ccc(B5OC(C)(C)C(C)(C)O5)cc4)ccc3[nH]2)N(C(=O)O)C1. The van der Waals surface area contributed by atoms with E-state index in [9.17, 15) is 9.90 Å². The van der Waals surface area contributed by atoms with Crippen molar-refractivity contribution >= 4 is 29.7 Å². The molecular weight excluding hydrogens is 417 g/mol. The molecule has 0 radical (unpaired) electrons. The first-order valence-corrected chi connectivity index (χ1v) is 11.5. The number of carbonyl (C=O) groups is 1. The largest absolute Gasteiger partial charge is 0.494 e. The Morgan fingerprint density at radius 1 is 1.09 bits per heavy atom. The maximum absolute atomic E-state index is 11.6. The zero-order valence-corrected chi connectivity index (χ0v) is 19.8. The Bertz CT molecular complexity index is 1190. The van der Waals surface area contributed by atoms with E-state index in [2.05, 4.69) is 57.8 Å². The number of aromatic nitrogens is 2. The van der Waals surface area contributed by atoms with E-state index in [1.54, 1.807) is 0 Å². The average molecular weight is 447 g/mol. The summed E-state index contributed by atoms with van der Waals surface area (Å²) in [6, 6.07) is 14.1. The number of fused-ring (bicyclic) bond motifs is 1. The number of rotatable bonds is 3. The van der Waals surface area contributed by atoms with Gasteiger partial charge in [0.25, 0.3) is 0 Å². The summed E-state index contributed by atoms with van der Waals surface area (Å²) in [7, 11) is -0.383. The molecule has 3 aromatic rings. The Kier molecular flexibility index (Phi) is 5.06. The number of nitrogens with zero attached hydrogens (tertiary/aromatic N) is 2. The molecule has 2 aliphatic heterocycles. The van der Waals surface area contributed by atoms with Crippen LogP contribution in [0.15, 0.2) is 42.5 Å². The maximum atomic E-state index is 11.6. The topological polar surface area (TPSA) is 87.7 Å². The third kappa shape index (κ3) is 3.81. The number of benzene rings is 2. The fraction of sp³-hybridized carbons (Fsp3) is 0.440. The molecule has 1 aromatic heterocycles. The molecule has 0 saturated carbocycles. The number of likely N-dealkylation sites (tertiary alicyclic amines) is 1. The second-order valence-corrected chi connectivity index (χ2v) is 10.4. The molecule has 8 heteroatoms. The number of nitrogens with one attached hydrogen (secondary N) is 1. The van der Waals surface area contributed by atoms with Crippen molar-refractivity contribution in [2.24, 2.45) is 5.92 Å². The van der Waals surface area contributed by atoms with Crippen LogP contribution in [0.3, 0.4) is 0 Å². The molecule has 172 valence electrons. The van der Waals surface area contributed by atoms with Crippen molar-refractivity contribution in [2.45, 2.75) is 58.3 Å². The number of aromatic amines is 1. The molecule has 2 aromatic carbocycles. The van der Waals surface area contributed by atoms with Crippen LogP contribution in [0, 0.1) is 5.92 Å². The first kappa shape index (κ1) is 22.0. The lowest BCUT2D eigenvalue weighted by molar-refractivity contribution is 0.00578. The number of hydrogen-bond donors (Lipinski definition) is 2. The normalized spacial score (nSPS) is 24.0. The van der Waals surface area contributed by atoms with Gasteiger partial charge in [0.1, 0.15) is 5.82 Å². The quantitative estimate of drug-likeness (QED) is 0.574. The van der Waals surface area contributed by atoms with Crippen molar-refractivity contribution in [3.63, 3.8) is 0 Å². The van der Waals surface area contributed by atoms with Crippen molar-refractivity contribution in [2.75, 3.05) is 6.54 Å². The molecule has 2 N–H and O–H groups in total. The Hall–Kier alpha value is -2.84. The van der Waals surface area contributed by atoms with Crippen LogP contribution in [0.4, 0.5) is 4.79 Å². The van der Waals surface area contributed by atoms with Crippen molar-refractivity contribution in [3.05, 3.63) is 48.3 Å². The summed E-state index contributed by atoms with van der Waals surface area (Å²) >= 11 is 0. The molecule has 0 aliphatic carbocycles. The van der Waals surface area contributed by atoms with Gasteiger partial charge in [-0.1, -0.05) is 37.3 Å². The molecule has 33 heavy (non-hydrogen) atoms. The zero-order chi connectivity index (χ0) is 23.5. The van der Waals surface area contributed by atoms with Crippen molar-refractivity contribution in [1.82, 2.24) is 14.9 Å². The van der Waals surface area contributed by atoms with Gasteiger partial charge in [0.2, 0.25) is 0 Å². The summed E-state index contributed by atoms with van der Waals surface area (Å²) in [6.45, 7) is 10.8. The Morgan fingerprint density at radius 2 is 1.73 bits per heavy atom. The summed E-state index contributed by atoms with van der Waals surface area (Å²) < 4.78 is 12.3. The molecule has 2 fully saturated rings. The van der Waals surface area contributed by atoms with Gasteiger partial charge in [-0.15, -0.1) is 0 Å². The number of H-pyrrole nitrogens is 1. The smallest absolute Gasteiger partial charge is 0.465 e. The summed E-state index contributed by atoms with van der Waals surface area (Å²) in [5, 5.41) is 9.56. The Morgan fingerprint density at radius 3 is 2.36 bits per heavy atom. The number of hydrogen-bond acceptors (Lipinski definition) is 4. The third-order valence-corrected chi connectivity index (χ3v) is 7.34. The summed E-state index contributed by atoms with van der Waals surface area (Å²) in [6.07, 6.45) is -0.119. The van der Waals surface area contributed by atoms with Crippen molar-refractivity contribution in [1.29, 1.82) is 0 Å². The van der Waals surface area contributed by atoms with Gasteiger partial charge < -0.3 is 19.4 Å². The highest BCUT2D eigenvalue weighted by Crippen LogP contribution is 2.37. The summed E-state index contributed by atoms with van der Waals surface area (Å²) in [4.78, 5) is 21.2. The van der Waals surface area contributed by atoms with Crippen LogP contribution in [0.5, 0.6) is 0 Å². The zero-order valence-electron chi connectivity index (χ0n) is 19.8. The number of imidazole rings is 1. The highest BCUT2D eigenvalue weighted by atomic mass is 16.7. The minimum Gasteiger partial charge on any atom is -0.465 e. The minimum absolute atomic E-state index is 0.229. The maximum Gasteiger partial charge on any atom is 0.494 e. The van der Waals surface area contributed by atoms with Gasteiger partial charge in [0, 0.05) is 6.54 Å². The van der Waals surface area contributed by atoms with Crippen LogP contribution >= 0.6 is 0 Å². The first-order valence-electron chi connectivity index (χ1n) is 11.5. The highest BCUT2D eigenvalue weighted by molar-refractivity contribution is 6.62. The molecule has 2 atom stereocenters. The lowest BCUT2D eigenvalue weighted by Gasteiger charge is -2.32. The van der Waals surface area contributed by atoms with Gasteiger partial charge in [-0.2, -0.15) is 0 Å². The molecule has 5 rings (SSSR count). The van der Waals surface area contributed by atoms with E-state index < -0.39 is 6.09 Å². The number of amides is 1.